The largest absolute Gasteiger partial charge is 0.244 e. The average molecular weight is 190 g/mol. The molecule has 0 spiro atoms. The first kappa shape index (κ1) is 10.9. The fraction of sp³-hybridized carbons (Fsp3) is 1.00. The Bertz CT molecular complexity index is 148. The Hall–Kier alpha value is -0.140. The van der Waals surface area contributed by atoms with E-state index in [0.29, 0.717) is 0 Å². The van der Waals surface area contributed by atoms with E-state index >= 15 is 0 Å². The molecule has 1 saturated carbocycles. The zero-order chi connectivity index (χ0) is 9.90. The van der Waals surface area contributed by atoms with Crippen LogP contribution in [0.25, 0.3) is 0 Å². The van der Waals surface area contributed by atoms with Crippen molar-refractivity contribution in [3.63, 3.8) is 0 Å². The van der Waals surface area contributed by atoms with Gasteiger partial charge in [0.25, 0.3) is 0 Å². The first-order valence-electron chi connectivity index (χ1n) is 5.41. The van der Waals surface area contributed by atoms with Gasteiger partial charge in [-0.3, -0.25) is 0 Å². The lowest BCUT2D eigenvalue weighted by Crippen LogP contribution is -2.33. The number of rotatable bonds is 4. The normalized spacial score (nSPS) is 23.8. The summed E-state index contributed by atoms with van der Waals surface area (Å²) in [5.74, 6) is 0.194. The van der Waals surface area contributed by atoms with Crippen molar-refractivity contribution in [1.29, 1.82) is 0 Å². The molecule has 0 bridgehead atoms. The van der Waals surface area contributed by atoms with Gasteiger partial charge in [-0.2, -0.15) is 0 Å². The van der Waals surface area contributed by atoms with Crippen molar-refractivity contribution in [3.8, 4) is 0 Å². The van der Waals surface area contributed by atoms with Crippen LogP contribution in [0.2, 0.25) is 0 Å². The van der Waals surface area contributed by atoms with Crippen LogP contribution in [0, 0.1) is 11.3 Å². The fourth-order valence-corrected chi connectivity index (χ4v) is 2.68. The topological polar surface area (TPSA) is 0 Å². The summed E-state index contributed by atoms with van der Waals surface area (Å²) < 4.78 is 25.9. The molecule has 0 aromatic rings. The second kappa shape index (κ2) is 4.39. The highest BCUT2D eigenvalue weighted by molar-refractivity contribution is 4.90. The Labute approximate surface area is 79.7 Å². The third-order valence-electron chi connectivity index (χ3n) is 3.67. The maximum absolute atomic E-state index is 13.0. The van der Waals surface area contributed by atoms with Gasteiger partial charge in [0.1, 0.15) is 0 Å². The van der Waals surface area contributed by atoms with Gasteiger partial charge in [-0.1, -0.05) is 39.5 Å². The van der Waals surface area contributed by atoms with Crippen LogP contribution >= 0.6 is 0 Å². The Balaban J connectivity index is 2.66. The molecule has 1 fully saturated rings. The van der Waals surface area contributed by atoms with E-state index in [1.807, 2.05) is 6.92 Å². The first-order chi connectivity index (χ1) is 6.13. The van der Waals surface area contributed by atoms with Crippen molar-refractivity contribution in [3.05, 3.63) is 0 Å². The second-order valence-corrected chi connectivity index (χ2v) is 4.43. The summed E-state index contributed by atoms with van der Waals surface area (Å²) in [6.07, 6.45) is 3.34. The molecule has 2 heteroatoms. The van der Waals surface area contributed by atoms with E-state index in [0.717, 1.165) is 38.5 Å². The van der Waals surface area contributed by atoms with Gasteiger partial charge in [0.05, 0.1) is 0 Å². The Morgan fingerprint density at radius 3 is 2.15 bits per heavy atom. The molecule has 1 atom stereocenters. The highest BCUT2D eigenvalue weighted by Crippen LogP contribution is 2.50. The van der Waals surface area contributed by atoms with E-state index in [2.05, 4.69) is 6.92 Å². The van der Waals surface area contributed by atoms with E-state index < -0.39 is 11.8 Å². The Kier molecular flexibility index (Phi) is 3.69. The number of hydrogen-bond acceptors (Lipinski definition) is 0. The zero-order valence-corrected chi connectivity index (χ0v) is 8.65. The summed E-state index contributed by atoms with van der Waals surface area (Å²) in [4.78, 5) is 0. The zero-order valence-electron chi connectivity index (χ0n) is 8.65. The molecule has 78 valence electrons. The van der Waals surface area contributed by atoms with Crippen LogP contribution in [0.1, 0.15) is 52.4 Å². The van der Waals surface area contributed by atoms with E-state index in [9.17, 15) is 8.78 Å². The third kappa shape index (κ3) is 2.03. The van der Waals surface area contributed by atoms with Crippen LogP contribution in [0.3, 0.4) is 0 Å². The molecule has 1 aliphatic carbocycles. The van der Waals surface area contributed by atoms with Gasteiger partial charge < -0.3 is 0 Å². The predicted molar refractivity (Wildman–Crippen MR) is 51.0 cm³/mol. The lowest BCUT2D eigenvalue weighted by Gasteiger charge is -2.34. The third-order valence-corrected chi connectivity index (χ3v) is 3.67. The first-order valence-corrected chi connectivity index (χ1v) is 5.41. The lowest BCUT2D eigenvalue weighted by atomic mass is 9.73. The average Bonchev–Trinajstić information content (AvgIpc) is 2.53. The highest BCUT2D eigenvalue weighted by atomic mass is 19.3. The fourth-order valence-electron chi connectivity index (χ4n) is 2.68. The highest BCUT2D eigenvalue weighted by Gasteiger charge is 2.45. The van der Waals surface area contributed by atoms with Gasteiger partial charge in [-0.15, -0.1) is 0 Å². The number of alkyl halides is 2. The molecular formula is C11H20F2. The van der Waals surface area contributed by atoms with E-state index in [4.69, 9.17) is 0 Å². The number of halogens is 2. The summed E-state index contributed by atoms with van der Waals surface area (Å²) in [7, 11) is 0. The van der Waals surface area contributed by atoms with Crippen LogP contribution in [0.4, 0.5) is 8.78 Å². The monoisotopic (exact) mass is 190 g/mol. The minimum absolute atomic E-state index is 0.194. The van der Waals surface area contributed by atoms with Crippen molar-refractivity contribution in [2.24, 2.45) is 11.3 Å². The summed E-state index contributed by atoms with van der Waals surface area (Å²) in [5.41, 5.74) is -0.629. The van der Waals surface area contributed by atoms with Crippen LogP contribution in [0.5, 0.6) is 0 Å². The van der Waals surface area contributed by atoms with Crippen LogP contribution in [0.15, 0.2) is 0 Å². The van der Waals surface area contributed by atoms with Crippen molar-refractivity contribution < 1.29 is 8.78 Å². The van der Waals surface area contributed by atoms with Crippen molar-refractivity contribution in [2.45, 2.75) is 58.8 Å². The second-order valence-electron chi connectivity index (χ2n) is 4.43. The summed E-state index contributed by atoms with van der Waals surface area (Å²) in [6.45, 7) is 4.08. The molecule has 0 radical (unpaired) electrons. The SMILES string of the molecule is CCCC(C)C1(C(F)F)CCCC1. The predicted octanol–water partition coefficient (Wildman–Crippen LogP) is 4.25. The Morgan fingerprint density at radius 2 is 1.77 bits per heavy atom. The summed E-state index contributed by atoms with van der Waals surface area (Å²) >= 11 is 0. The van der Waals surface area contributed by atoms with Crippen molar-refractivity contribution in [1.82, 2.24) is 0 Å². The smallest absolute Gasteiger partial charge is 0.210 e. The van der Waals surface area contributed by atoms with Crippen LogP contribution < -0.4 is 0 Å². The minimum Gasteiger partial charge on any atom is -0.210 e. The minimum atomic E-state index is -2.11. The van der Waals surface area contributed by atoms with Gasteiger partial charge in [0.15, 0.2) is 0 Å². The molecule has 0 heterocycles. The molecule has 0 amide bonds. The van der Waals surface area contributed by atoms with E-state index in [1.54, 1.807) is 0 Å². The van der Waals surface area contributed by atoms with Gasteiger partial charge in [0.2, 0.25) is 6.43 Å². The Morgan fingerprint density at radius 1 is 1.23 bits per heavy atom. The molecule has 0 aromatic carbocycles. The maximum atomic E-state index is 13.0. The van der Waals surface area contributed by atoms with Gasteiger partial charge in [0, 0.05) is 5.41 Å². The standard InChI is InChI=1S/C11H20F2/c1-3-6-9(2)11(10(12)13)7-4-5-8-11/h9-10H,3-8H2,1-2H3. The molecule has 0 aliphatic heterocycles. The summed E-state index contributed by atoms with van der Waals surface area (Å²) in [6, 6.07) is 0. The molecule has 13 heavy (non-hydrogen) atoms. The molecule has 1 unspecified atom stereocenters. The van der Waals surface area contributed by atoms with Crippen LogP contribution in [-0.4, -0.2) is 6.43 Å². The van der Waals surface area contributed by atoms with Crippen molar-refractivity contribution >= 4 is 0 Å². The molecule has 0 aromatic heterocycles. The molecule has 0 saturated heterocycles. The number of hydrogen-bond donors (Lipinski definition) is 0. The van der Waals surface area contributed by atoms with Crippen LogP contribution in [-0.2, 0) is 0 Å². The molecular weight excluding hydrogens is 170 g/mol. The van der Waals surface area contributed by atoms with Crippen molar-refractivity contribution in [2.75, 3.05) is 0 Å². The summed E-state index contributed by atoms with van der Waals surface area (Å²) in [5, 5.41) is 0. The molecule has 1 aliphatic rings. The molecule has 1 rings (SSSR count). The van der Waals surface area contributed by atoms with E-state index in [1.165, 1.54) is 0 Å². The molecule has 0 nitrogen and oxygen atoms in total. The quantitative estimate of drug-likeness (QED) is 0.621. The maximum Gasteiger partial charge on any atom is 0.244 e. The lowest BCUT2D eigenvalue weighted by molar-refractivity contribution is -0.0408. The van der Waals surface area contributed by atoms with Gasteiger partial charge in [-0.05, 0) is 18.8 Å². The van der Waals surface area contributed by atoms with Gasteiger partial charge >= 0.3 is 0 Å². The van der Waals surface area contributed by atoms with E-state index in [-0.39, 0.29) is 5.92 Å². The van der Waals surface area contributed by atoms with Gasteiger partial charge in [-0.25, -0.2) is 8.78 Å². The molecule has 0 N–H and O–H groups in total.